The normalized spacial score (nSPS) is 21.5. The average molecular weight is 303 g/mol. The van der Waals surface area contributed by atoms with Gasteiger partial charge in [0.2, 0.25) is 11.2 Å². The van der Waals surface area contributed by atoms with Crippen molar-refractivity contribution in [3.8, 4) is 11.3 Å². The Labute approximate surface area is 150 Å². The minimum atomic E-state index is -2.69. The zero-order chi connectivity index (χ0) is 26.0. The highest BCUT2D eigenvalue weighted by Gasteiger charge is 2.19. The van der Waals surface area contributed by atoms with Crippen LogP contribution in [-0.2, 0) is 7.05 Å². The summed E-state index contributed by atoms with van der Waals surface area (Å²) in [7, 11) is 1.60. The van der Waals surface area contributed by atoms with Crippen LogP contribution in [0, 0.1) is 34.3 Å². The minimum Gasteiger partial charge on any atom is -0.194 e. The summed E-state index contributed by atoms with van der Waals surface area (Å²) in [6, 6.07) is 8.23. The van der Waals surface area contributed by atoms with E-state index in [2.05, 4.69) is 0 Å². The second-order valence-electron chi connectivity index (χ2n) is 5.40. The molecule has 3 rings (SSSR count). The zero-order valence-corrected chi connectivity index (χ0v) is 12.4. The molecule has 0 aliphatic heterocycles. The number of rotatable bonds is 1. The van der Waals surface area contributed by atoms with Crippen LogP contribution in [0.3, 0.4) is 0 Å². The van der Waals surface area contributed by atoms with Gasteiger partial charge in [-0.25, -0.2) is 0 Å². The fourth-order valence-electron chi connectivity index (χ4n) is 2.78. The SMILES string of the molecule is [2H]C([2H])([2H])c1cc(-c2cc(C([2H])([2H])[2H])c3c(C([2H])([2H])[2H])cccc3[n+]2C)c(C)c(C([2H])([2H])[2H])c1. The zero-order valence-electron chi connectivity index (χ0n) is 24.4. The minimum absolute atomic E-state index is 0.0643. The molecule has 1 aromatic heterocycles. The maximum atomic E-state index is 8.08. The lowest BCUT2D eigenvalue weighted by Crippen LogP contribution is -2.32. The lowest BCUT2D eigenvalue weighted by Gasteiger charge is -2.12. The largest absolute Gasteiger partial charge is 0.213 e. The average Bonchev–Trinajstić information content (AvgIpc) is 2.65. The molecule has 0 fully saturated rings. The third-order valence-electron chi connectivity index (χ3n) is 4.00. The highest BCUT2D eigenvalue weighted by molar-refractivity contribution is 5.84. The summed E-state index contributed by atoms with van der Waals surface area (Å²) in [4.78, 5) is 0. The maximum absolute atomic E-state index is 8.08. The van der Waals surface area contributed by atoms with Gasteiger partial charge in [-0.3, -0.25) is 0 Å². The van der Waals surface area contributed by atoms with E-state index in [9.17, 15) is 0 Å². The molecule has 1 heterocycles. The Morgan fingerprint density at radius 1 is 0.909 bits per heavy atom. The van der Waals surface area contributed by atoms with E-state index in [4.69, 9.17) is 16.4 Å². The van der Waals surface area contributed by atoms with Gasteiger partial charge in [-0.05, 0) is 62.7 Å². The van der Waals surface area contributed by atoms with Crippen LogP contribution in [0.2, 0.25) is 0 Å². The summed E-state index contributed by atoms with van der Waals surface area (Å²) >= 11 is 0. The number of nitrogens with zero attached hydrogens (tertiary/aromatic N) is 1. The Hall–Kier alpha value is -2.15. The van der Waals surface area contributed by atoms with Gasteiger partial charge >= 0.3 is 0 Å². The van der Waals surface area contributed by atoms with Gasteiger partial charge in [-0.15, -0.1) is 0 Å². The molecule has 0 saturated carbocycles. The van der Waals surface area contributed by atoms with Gasteiger partial charge in [0.1, 0.15) is 7.05 Å². The van der Waals surface area contributed by atoms with Gasteiger partial charge in [0.05, 0.1) is 5.39 Å². The number of benzene rings is 2. The van der Waals surface area contributed by atoms with Crippen molar-refractivity contribution in [3.63, 3.8) is 0 Å². The molecule has 0 saturated heterocycles. The van der Waals surface area contributed by atoms with Crippen molar-refractivity contribution in [1.82, 2.24) is 0 Å². The van der Waals surface area contributed by atoms with Crippen molar-refractivity contribution in [1.29, 1.82) is 0 Å². The molecule has 0 aliphatic carbocycles. The third-order valence-corrected chi connectivity index (χ3v) is 4.00. The Bertz CT molecular complexity index is 1260. The molecule has 0 N–H and O–H groups in total. The molecule has 0 bridgehead atoms. The van der Waals surface area contributed by atoms with Crippen molar-refractivity contribution in [2.45, 2.75) is 34.3 Å². The lowest BCUT2D eigenvalue weighted by molar-refractivity contribution is -0.633. The van der Waals surface area contributed by atoms with Crippen molar-refractivity contribution in [2.75, 3.05) is 0 Å². The molecule has 0 spiro atoms. The van der Waals surface area contributed by atoms with Crippen LogP contribution >= 0.6 is 0 Å². The van der Waals surface area contributed by atoms with Crippen LogP contribution in [0.4, 0.5) is 0 Å². The number of fused-ring (bicyclic) bond motifs is 1. The molecule has 112 valence electrons. The van der Waals surface area contributed by atoms with Crippen molar-refractivity contribution in [3.05, 3.63) is 64.2 Å². The predicted octanol–water partition coefficient (Wildman–Crippen LogP) is 4.87. The second-order valence-corrected chi connectivity index (χ2v) is 5.40. The van der Waals surface area contributed by atoms with E-state index < -0.39 is 27.4 Å². The first-order valence-corrected chi connectivity index (χ1v) is 6.87. The van der Waals surface area contributed by atoms with Gasteiger partial charge in [-0.1, -0.05) is 23.8 Å². The molecule has 0 aliphatic rings. The standard InChI is InChI=1S/C21H24N/c1-13-10-15(3)17(5)18(11-13)20-12-16(4)21-14(2)8-7-9-19(21)22(20)6/h7-12H,1-6H3/q+1/i1D3,2D3,3D3,4D3. The number of hydrogen-bond donors (Lipinski definition) is 0. The summed E-state index contributed by atoms with van der Waals surface area (Å²) in [5.74, 6) is 0. The van der Waals surface area contributed by atoms with Gasteiger partial charge in [0, 0.05) is 34.1 Å². The van der Waals surface area contributed by atoms with Crippen LogP contribution in [-0.4, -0.2) is 0 Å². The van der Waals surface area contributed by atoms with E-state index in [0.29, 0.717) is 5.52 Å². The molecule has 1 nitrogen and oxygen atoms in total. The molecule has 0 amide bonds. The first-order valence-electron chi connectivity index (χ1n) is 12.9. The van der Waals surface area contributed by atoms with E-state index in [-0.39, 0.29) is 44.5 Å². The fourth-order valence-corrected chi connectivity index (χ4v) is 2.78. The summed E-state index contributed by atoms with van der Waals surface area (Å²) in [5, 5.41) is 0.0643. The van der Waals surface area contributed by atoms with Crippen LogP contribution in [0.15, 0.2) is 36.4 Å². The first kappa shape index (κ1) is 6.16. The second kappa shape index (κ2) is 5.24. The number of hydrogen-bond acceptors (Lipinski definition) is 0. The number of aryl methyl sites for hydroxylation is 5. The van der Waals surface area contributed by atoms with E-state index in [1.807, 2.05) is 0 Å². The molecule has 0 atom stereocenters. The Morgan fingerprint density at radius 2 is 1.73 bits per heavy atom. The summed E-state index contributed by atoms with van der Waals surface area (Å²) in [6.07, 6.45) is 0. The molecule has 0 unspecified atom stereocenters. The van der Waals surface area contributed by atoms with E-state index in [1.165, 1.54) is 24.3 Å². The number of aromatic nitrogens is 1. The molecule has 3 aromatic rings. The van der Waals surface area contributed by atoms with Crippen molar-refractivity contribution in [2.24, 2.45) is 7.05 Å². The van der Waals surface area contributed by atoms with Crippen LogP contribution in [0.5, 0.6) is 0 Å². The summed E-state index contributed by atoms with van der Waals surface area (Å²) < 4.78 is 96.6. The molecule has 0 radical (unpaired) electrons. The fraction of sp³-hybridized carbons (Fsp3) is 0.286. The Balaban J connectivity index is 2.55. The van der Waals surface area contributed by atoms with E-state index >= 15 is 0 Å². The van der Waals surface area contributed by atoms with Gasteiger partial charge in [0.25, 0.3) is 0 Å². The molecule has 22 heavy (non-hydrogen) atoms. The van der Waals surface area contributed by atoms with Gasteiger partial charge in [-0.2, -0.15) is 4.57 Å². The maximum Gasteiger partial charge on any atom is 0.213 e. The Kier molecular flexibility index (Phi) is 1.47. The highest BCUT2D eigenvalue weighted by Crippen LogP contribution is 2.29. The smallest absolute Gasteiger partial charge is 0.194 e. The number of pyridine rings is 1. The summed E-state index contributed by atoms with van der Waals surface area (Å²) in [5.41, 5.74) is 0.432. The van der Waals surface area contributed by atoms with Gasteiger partial charge < -0.3 is 0 Å². The first-order chi connectivity index (χ1) is 15.2. The topological polar surface area (TPSA) is 3.88 Å². The molecule has 1 heteroatoms. The van der Waals surface area contributed by atoms with Crippen molar-refractivity contribution < 1.29 is 21.0 Å². The van der Waals surface area contributed by atoms with Gasteiger partial charge in [0.15, 0.2) is 0 Å². The van der Waals surface area contributed by atoms with Crippen LogP contribution in [0.1, 0.15) is 44.3 Å². The van der Waals surface area contributed by atoms with E-state index in [0.717, 1.165) is 6.07 Å². The van der Waals surface area contributed by atoms with Crippen LogP contribution < -0.4 is 4.57 Å². The lowest BCUT2D eigenvalue weighted by atomic mass is 9.95. The van der Waals surface area contributed by atoms with Crippen molar-refractivity contribution >= 4 is 10.9 Å². The van der Waals surface area contributed by atoms with E-state index in [1.54, 1.807) is 24.6 Å². The molecular weight excluding hydrogens is 266 g/mol. The third kappa shape index (κ3) is 2.21. The van der Waals surface area contributed by atoms with Crippen LogP contribution in [0.25, 0.3) is 22.2 Å². The monoisotopic (exact) mass is 302 g/mol. The summed E-state index contributed by atoms with van der Waals surface area (Å²) in [6.45, 7) is -8.92. The quantitative estimate of drug-likeness (QED) is 0.564. The predicted molar refractivity (Wildman–Crippen MR) is 94.2 cm³/mol. The molecular formula is C21H24N+. The Morgan fingerprint density at radius 3 is 2.45 bits per heavy atom. The highest BCUT2D eigenvalue weighted by atomic mass is 14.9. The molecule has 2 aromatic carbocycles.